The van der Waals surface area contributed by atoms with Gasteiger partial charge in [-0.15, -0.1) is 0 Å². The van der Waals surface area contributed by atoms with Crippen molar-refractivity contribution in [1.29, 1.82) is 0 Å². The van der Waals surface area contributed by atoms with Gasteiger partial charge in [0, 0.05) is 11.6 Å². The Morgan fingerprint density at radius 2 is 1.62 bits per heavy atom. The van der Waals surface area contributed by atoms with Crippen molar-refractivity contribution in [2.24, 2.45) is 0 Å². The fourth-order valence-corrected chi connectivity index (χ4v) is 9.74. The van der Waals surface area contributed by atoms with Crippen molar-refractivity contribution in [3.63, 3.8) is 0 Å². The van der Waals surface area contributed by atoms with Gasteiger partial charge in [-0.05, 0) is 54.9 Å². The van der Waals surface area contributed by atoms with Gasteiger partial charge in [0.15, 0.2) is 29.8 Å². The molecular weight excluding hydrogens is 743 g/mol. The van der Waals surface area contributed by atoms with Crippen LogP contribution in [0.5, 0.6) is 0 Å². The number of hydrogen-bond donors (Lipinski definition) is 4. The smallest absolute Gasteiger partial charge is 0.325 e. The number of aliphatic hydroxyl groups is 2. The molecule has 2 unspecified atom stereocenters. The van der Waals surface area contributed by atoms with Crippen LogP contribution in [-0.4, -0.2) is 110 Å². The first-order valence-corrected chi connectivity index (χ1v) is 20.9. The number of rotatable bonds is 4. The molecule has 8 rings (SSSR count). The van der Waals surface area contributed by atoms with Crippen molar-refractivity contribution in [2.45, 2.75) is 81.4 Å². The molecule has 18 nitrogen and oxygen atoms in total. The Labute approximate surface area is 292 Å². The first kappa shape index (κ1) is 34.9. The molecule has 3 fully saturated rings. The summed E-state index contributed by atoms with van der Waals surface area (Å²) in [5.74, 6) is 0. The number of aliphatic hydroxyl groups excluding tert-OH is 2. The minimum Gasteiger partial charge on any atom is -0.395 e. The van der Waals surface area contributed by atoms with E-state index in [1.165, 1.54) is 28.1 Å². The molecule has 4 aromatic rings. The average molecular weight is 776 g/mol. The molecule has 0 saturated carbocycles. The second-order valence-electron chi connectivity index (χ2n) is 12.3. The number of nitrogens with zero attached hydrogens (tertiary/aromatic N) is 7. The van der Waals surface area contributed by atoms with Gasteiger partial charge in [0.05, 0.1) is 38.4 Å². The van der Waals surface area contributed by atoms with E-state index < -0.39 is 81.4 Å². The van der Waals surface area contributed by atoms with E-state index in [1.807, 2.05) is 0 Å². The number of alkyl halides is 1. The predicted molar refractivity (Wildman–Crippen MR) is 176 cm³/mol. The molecule has 4 aromatic heterocycles. The lowest BCUT2D eigenvalue weighted by molar-refractivity contribution is -0.0602. The minimum atomic E-state index is -4.26. The van der Waals surface area contributed by atoms with Gasteiger partial charge in [-0.3, -0.25) is 23.0 Å². The topological polar surface area (TPSA) is 220 Å². The van der Waals surface area contributed by atoms with Crippen LogP contribution in [0.3, 0.4) is 0 Å². The number of imidazole rings is 1. The molecule has 23 heteroatoms. The molecule has 0 spiro atoms. The van der Waals surface area contributed by atoms with Crippen LogP contribution in [0.2, 0.25) is 0 Å². The molecule has 0 aromatic carbocycles. The van der Waals surface area contributed by atoms with E-state index in [-0.39, 0.29) is 24.3 Å². The zero-order chi connectivity index (χ0) is 34.9. The first-order valence-electron chi connectivity index (χ1n) is 15.8. The summed E-state index contributed by atoms with van der Waals surface area (Å²) in [4.78, 5) is 52.5. The fraction of sp³-hybridized carbons (Fsp3) is 0.593. The maximum atomic E-state index is 16.4. The quantitative estimate of drug-likeness (QED) is 0.209. The number of aromatic nitrogens is 7. The second-order valence-corrected chi connectivity index (χ2v) is 17.9. The highest BCUT2D eigenvalue weighted by molar-refractivity contribution is 8.07. The lowest BCUT2D eigenvalue weighted by Crippen LogP contribution is -2.35. The molecule has 0 amide bonds. The Morgan fingerprint density at radius 3 is 2.40 bits per heavy atom. The summed E-state index contributed by atoms with van der Waals surface area (Å²) >= 11 is 10.6. The van der Waals surface area contributed by atoms with Crippen LogP contribution in [0.15, 0.2) is 30.0 Å². The molecule has 50 heavy (non-hydrogen) atoms. The van der Waals surface area contributed by atoms with E-state index in [4.69, 9.17) is 51.2 Å². The molecule has 0 radical (unpaired) electrons. The fourth-order valence-electron chi connectivity index (χ4n) is 6.89. The van der Waals surface area contributed by atoms with Gasteiger partial charge in [-0.25, -0.2) is 24.3 Å². The van der Waals surface area contributed by atoms with Gasteiger partial charge in [-0.2, -0.15) is 0 Å². The zero-order valence-electron chi connectivity index (χ0n) is 26.0. The van der Waals surface area contributed by atoms with Crippen LogP contribution in [-0.2, 0) is 70.6 Å². The Hall–Kier alpha value is -2.20. The van der Waals surface area contributed by atoms with E-state index in [1.54, 1.807) is 10.8 Å². The standard InChI is InChI=1S/C27H32FN7O11P2S2/c28-18-21-16(44-26(18)34-7-13-3-1-2-4-14-17(13)23(34)30-10-29-14)9-42-48(40,50)46-22-20(37)15(8-41-47(39,49)45-21)43-27(22)35-12-31-19-24(35)32-11-33(5-6-36)25(19)38/h7,10-12,15-16,18,20-22,26-27,36-37H,1-6,8-9H2,(H,39,49)(H,40,50)/t15-,16-,18+,20-,21-,22-,26-,27-,47?,48?/m1/s1. The van der Waals surface area contributed by atoms with E-state index in [9.17, 15) is 24.8 Å². The molecule has 3 saturated heterocycles. The summed E-state index contributed by atoms with van der Waals surface area (Å²) in [6.07, 6.45) is -2.48. The van der Waals surface area contributed by atoms with E-state index in [2.05, 4.69) is 19.9 Å². The highest BCUT2D eigenvalue weighted by Crippen LogP contribution is 2.54. The predicted octanol–water partition coefficient (Wildman–Crippen LogP) is 0.654. The summed E-state index contributed by atoms with van der Waals surface area (Å²) in [6, 6.07) is 0. The molecule has 4 N–H and O–H groups in total. The molecule has 4 aliphatic rings. The van der Waals surface area contributed by atoms with Crippen LogP contribution >= 0.6 is 13.4 Å². The van der Waals surface area contributed by atoms with Crippen molar-refractivity contribution < 1.29 is 52.0 Å². The van der Waals surface area contributed by atoms with Gasteiger partial charge in [-0.1, -0.05) is 0 Å². The number of hydrogen-bond acceptors (Lipinski definition) is 15. The number of fused-ring (bicyclic) bond motifs is 4. The van der Waals surface area contributed by atoms with Crippen LogP contribution < -0.4 is 5.56 Å². The largest absolute Gasteiger partial charge is 0.395 e. The van der Waals surface area contributed by atoms with E-state index in [0.717, 1.165) is 42.3 Å². The zero-order valence-corrected chi connectivity index (χ0v) is 29.4. The maximum Gasteiger partial charge on any atom is 0.325 e. The molecular formula is C27H32FN7O11P2S2. The van der Waals surface area contributed by atoms with Gasteiger partial charge in [0.25, 0.3) is 5.56 Å². The van der Waals surface area contributed by atoms with Crippen molar-refractivity contribution >= 4 is 59.2 Å². The van der Waals surface area contributed by atoms with Crippen LogP contribution in [0, 0.1) is 0 Å². The van der Waals surface area contributed by atoms with Gasteiger partial charge in [0.2, 0.25) is 0 Å². The monoisotopic (exact) mass is 775 g/mol. The first-order chi connectivity index (χ1) is 23.9. The highest BCUT2D eigenvalue weighted by Gasteiger charge is 2.53. The van der Waals surface area contributed by atoms with Crippen LogP contribution in [0.25, 0.3) is 22.2 Å². The van der Waals surface area contributed by atoms with Crippen molar-refractivity contribution in [1.82, 2.24) is 33.6 Å². The Kier molecular flexibility index (Phi) is 9.30. The molecule has 2 bridgehead atoms. The molecule has 270 valence electrons. The third-order valence-corrected chi connectivity index (χ3v) is 12.3. The number of ether oxygens (including phenoxy) is 2. The lowest BCUT2D eigenvalue weighted by atomic mass is 10.1. The molecule has 1 aliphatic carbocycles. The van der Waals surface area contributed by atoms with Gasteiger partial charge >= 0.3 is 13.4 Å². The van der Waals surface area contributed by atoms with Crippen molar-refractivity contribution in [3.05, 3.63) is 46.8 Å². The summed E-state index contributed by atoms with van der Waals surface area (Å²) in [5.41, 5.74) is 1.75. The van der Waals surface area contributed by atoms with Crippen molar-refractivity contribution in [2.75, 3.05) is 19.8 Å². The Morgan fingerprint density at radius 1 is 0.900 bits per heavy atom. The van der Waals surface area contributed by atoms with Gasteiger partial charge < -0.3 is 43.1 Å². The molecule has 7 heterocycles. The van der Waals surface area contributed by atoms with Crippen molar-refractivity contribution in [3.8, 4) is 0 Å². The summed E-state index contributed by atoms with van der Waals surface area (Å²) in [6.45, 7) is -9.92. The Balaban J connectivity index is 1.10. The number of aryl methyl sites for hydroxylation is 2. The normalized spacial score (nSPS) is 36.5. The third-order valence-electron chi connectivity index (χ3n) is 9.21. The second kappa shape index (κ2) is 13.3. The summed E-state index contributed by atoms with van der Waals surface area (Å²) in [5, 5.41) is 21.4. The number of halogens is 1. The Bertz CT molecular complexity index is 2100. The maximum absolute atomic E-state index is 16.4. The summed E-state index contributed by atoms with van der Waals surface area (Å²) in [7, 11) is 0. The minimum absolute atomic E-state index is 0.00772. The molecule has 3 aliphatic heterocycles. The van der Waals surface area contributed by atoms with E-state index >= 15 is 4.39 Å². The lowest BCUT2D eigenvalue weighted by Gasteiger charge is -2.27. The van der Waals surface area contributed by atoms with Crippen LogP contribution in [0.1, 0.15) is 36.6 Å². The summed E-state index contributed by atoms with van der Waals surface area (Å²) < 4.78 is 55.4. The highest BCUT2D eigenvalue weighted by atomic mass is 32.5. The molecule has 10 atom stereocenters. The van der Waals surface area contributed by atoms with Gasteiger partial charge in [0.1, 0.15) is 48.8 Å². The third kappa shape index (κ3) is 6.20. The average Bonchev–Trinajstić information content (AvgIpc) is 3.78. The SMILES string of the molecule is O=c1c2ncn([C@@H]3O[C@@H]4COP(O)(=S)O[C@H]5[C@H](F)[C@H](n6cc7c8c(ncnc86)CCCC7)O[C@@H]5COP(O)(=S)O[C@@H]3[C@@H]4O)c2ncn1CCO. The van der Waals surface area contributed by atoms with E-state index in [0.29, 0.717) is 5.65 Å². The van der Waals surface area contributed by atoms with Crippen LogP contribution in [0.4, 0.5) is 4.39 Å².